The Morgan fingerprint density at radius 2 is 1.29 bits per heavy atom. The first-order valence-electron chi connectivity index (χ1n) is 7.40. The molecule has 0 saturated heterocycles. The molecule has 0 aliphatic rings. The van der Waals surface area contributed by atoms with E-state index >= 15 is 0 Å². The van der Waals surface area contributed by atoms with E-state index in [9.17, 15) is 0 Å². The van der Waals surface area contributed by atoms with E-state index in [2.05, 4.69) is 15.9 Å². The molecule has 0 N–H and O–H groups in total. The maximum Gasteiger partial charge on any atom is 0.127 e. The van der Waals surface area contributed by atoms with E-state index in [0.29, 0.717) is 0 Å². The van der Waals surface area contributed by atoms with E-state index in [1.165, 1.54) is 19.3 Å². The fourth-order valence-electron chi connectivity index (χ4n) is 1.97. The van der Waals surface area contributed by atoms with Crippen LogP contribution in [-0.2, 0) is 0 Å². The summed E-state index contributed by atoms with van der Waals surface area (Å²) in [5.41, 5.74) is 0. The molecule has 0 fully saturated rings. The standard InChI is InChI=1S/C18H21BrO2/c19-14-6-1-2-7-15-20-16-10-12-18(13-11-16)21-17-8-4-3-5-9-17/h3-5,8-13H,1-2,6-7,14-15H2. The zero-order chi connectivity index (χ0) is 14.8. The minimum absolute atomic E-state index is 0.779. The van der Waals surface area contributed by atoms with E-state index in [1.807, 2.05) is 54.6 Å². The summed E-state index contributed by atoms with van der Waals surface area (Å²) in [6.45, 7) is 0.779. The van der Waals surface area contributed by atoms with E-state index in [4.69, 9.17) is 9.47 Å². The van der Waals surface area contributed by atoms with Crippen LogP contribution in [0.1, 0.15) is 25.7 Å². The smallest absolute Gasteiger partial charge is 0.127 e. The molecule has 0 atom stereocenters. The van der Waals surface area contributed by atoms with Crippen molar-refractivity contribution in [1.29, 1.82) is 0 Å². The van der Waals surface area contributed by atoms with Crippen molar-refractivity contribution < 1.29 is 9.47 Å². The first kappa shape index (κ1) is 15.9. The van der Waals surface area contributed by atoms with Gasteiger partial charge >= 0.3 is 0 Å². The number of rotatable bonds is 9. The number of para-hydroxylation sites is 1. The van der Waals surface area contributed by atoms with Gasteiger partial charge in [0.25, 0.3) is 0 Å². The number of unbranched alkanes of at least 4 members (excludes halogenated alkanes) is 3. The van der Waals surface area contributed by atoms with Gasteiger partial charge in [-0.05, 0) is 49.2 Å². The van der Waals surface area contributed by atoms with E-state index in [-0.39, 0.29) is 0 Å². The lowest BCUT2D eigenvalue weighted by Gasteiger charge is -2.08. The highest BCUT2D eigenvalue weighted by Gasteiger charge is 1.98. The lowest BCUT2D eigenvalue weighted by Crippen LogP contribution is -1.97. The van der Waals surface area contributed by atoms with Crippen molar-refractivity contribution in [1.82, 2.24) is 0 Å². The van der Waals surface area contributed by atoms with Gasteiger partial charge in [0.15, 0.2) is 0 Å². The molecule has 0 heterocycles. The van der Waals surface area contributed by atoms with Gasteiger partial charge in [0.2, 0.25) is 0 Å². The van der Waals surface area contributed by atoms with Crippen molar-refractivity contribution >= 4 is 15.9 Å². The van der Waals surface area contributed by atoms with E-state index in [0.717, 1.165) is 35.6 Å². The Balaban J connectivity index is 1.72. The third-order valence-electron chi connectivity index (χ3n) is 3.10. The minimum atomic E-state index is 0.779. The molecule has 0 saturated carbocycles. The zero-order valence-corrected chi connectivity index (χ0v) is 13.7. The fraction of sp³-hybridized carbons (Fsp3) is 0.333. The fourth-order valence-corrected chi connectivity index (χ4v) is 2.37. The molecule has 2 aromatic carbocycles. The molecule has 0 amide bonds. The van der Waals surface area contributed by atoms with Crippen LogP contribution < -0.4 is 9.47 Å². The quantitative estimate of drug-likeness (QED) is 0.420. The first-order valence-corrected chi connectivity index (χ1v) is 8.52. The highest BCUT2D eigenvalue weighted by Crippen LogP contribution is 2.23. The third-order valence-corrected chi connectivity index (χ3v) is 3.66. The van der Waals surface area contributed by atoms with Crippen LogP contribution in [0.5, 0.6) is 17.2 Å². The summed E-state index contributed by atoms with van der Waals surface area (Å²) in [4.78, 5) is 0. The molecule has 2 rings (SSSR count). The van der Waals surface area contributed by atoms with E-state index < -0.39 is 0 Å². The Morgan fingerprint density at radius 1 is 0.667 bits per heavy atom. The molecule has 2 aromatic rings. The van der Waals surface area contributed by atoms with Crippen LogP contribution in [0.4, 0.5) is 0 Å². The van der Waals surface area contributed by atoms with Crippen LogP contribution in [0.2, 0.25) is 0 Å². The number of benzene rings is 2. The molecule has 0 aliphatic heterocycles. The molecular weight excluding hydrogens is 328 g/mol. The summed E-state index contributed by atoms with van der Waals surface area (Å²) in [6, 6.07) is 17.6. The van der Waals surface area contributed by atoms with Crippen LogP contribution >= 0.6 is 15.9 Å². The van der Waals surface area contributed by atoms with Gasteiger partial charge in [-0.15, -0.1) is 0 Å². The average Bonchev–Trinajstić information content (AvgIpc) is 2.53. The van der Waals surface area contributed by atoms with E-state index in [1.54, 1.807) is 0 Å². The molecule has 0 unspecified atom stereocenters. The molecular formula is C18H21BrO2. The Labute approximate surface area is 135 Å². The van der Waals surface area contributed by atoms with Crippen molar-refractivity contribution in [3.63, 3.8) is 0 Å². The van der Waals surface area contributed by atoms with Crippen molar-refractivity contribution in [2.24, 2.45) is 0 Å². The summed E-state index contributed by atoms with van der Waals surface area (Å²) in [5, 5.41) is 1.09. The van der Waals surface area contributed by atoms with Gasteiger partial charge in [-0.3, -0.25) is 0 Å². The normalized spacial score (nSPS) is 10.3. The lowest BCUT2D eigenvalue weighted by atomic mass is 10.2. The monoisotopic (exact) mass is 348 g/mol. The minimum Gasteiger partial charge on any atom is -0.494 e. The lowest BCUT2D eigenvalue weighted by molar-refractivity contribution is 0.305. The Kier molecular flexibility index (Phi) is 7.16. The van der Waals surface area contributed by atoms with Gasteiger partial charge in [0.1, 0.15) is 17.2 Å². The van der Waals surface area contributed by atoms with Crippen LogP contribution in [-0.4, -0.2) is 11.9 Å². The Hall–Kier alpha value is -1.48. The molecule has 0 radical (unpaired) electrons. The van der Waals surface area contributed by atoms with Gasteiger partial charge in [0.05, 0.1) is 6.61 Å². The van der Waals surface area contributed by atoms with Crippen LogP contribution in [0.25, 0.3) is 0 Å². The molecule has 3 heteroatoms. The largest absolute Gasteiger partial charge is 0.494 e. The maximum atomic E-state index is 5.74. The highest BCUT2D eigenvalue weighted by atomic mass is 79.9. The molecule has 0 aromatic heterocycles. The van der Waals surface area contributed by atoms with Crippen LogP contribution in [0.3, 0.4) is 0 Å². The van der Waals surface area contributed by atoms with Gasteiger partial charge < -0.3 is 9.47 Å². The number of hydrogen-bond donors (Lipinski definition) is 0. The predicted molar refractivity (Wildman–Crippen MR) is 90.7 cm³/mol. The Morgan fingerprint density at radius 3 is 2.00 bits per heavy atom. The van der Waals surface area contributed by atoms with Crippen molar-refractivity contribution in [3.05, 3.63) is 54.6 Å². The van der Waals surface area contributed by atoms with Crippen LogP contribution in [0, 0.1) is 0 Å². The summed E-state index contributed by atoms with van der Waals surface area (Å²) in [7, 11) is 0. The maximum absolute atomic E-state index is 5.74. The summed E-state index contributed by atoms with van der Waals surface area (Å²) in [5.74, 6) is 2.57. The van der Waals surface area contributed by atoms with Crippen molar-refractivity contribution in [2.45, 2.75) is 25.7 Å². The average molecular weight is 349 g/mol. The van der Waals surface area contributed by atoms with Gasteiger partial charge in [-0.1, -0.05) is 47.0 Å². The number of ether oxygens (including phenoxy) is 2. The summed E-state index contributed by atoms with van der Waals surface area (Å²) < 4.78 is 11.5. The van der Waals surface area contributed by atoms with Crippen molar-refractivity contribution in [3.8, 4) is 17.2 Å². The molecule has 0 bridgehead atoms. The second-order valence-corrected chi connectivity index (χ2v) is 5.63. The Bertz CT molecular complexity index is 496. The third kappa shape index (κ3) is 6.21. The van der Waals surface area contributed by atoms with Gasteiger partial charge in [0, 0.05) is 5.33 Å². The first-order chi connectivity index (χ1) is 10.4. The summed E-state index contributed by atoms with van der Waals surface area (Å²) >= 11 is 3.44. The second-order valence-electron chi connectivity index (χ2n) is 4.84. The number of alkyl halides is 1. The highest BCUT2D eigenvalue weighted by molar-refractivity contribution is 9.09. The number of halogens is 1. The zero-order valence-electron chi connectivity index (χ0n) is 12.1. The van der Waals surface area contributed by atoms with Crippen molar-refractivity contribution in [2.75, 3.05) is 11.9 Å². The van der Waals surface area contributed by atoms with Crippen LogP contribution in [0.15, 0.2) is 54.6 Å². The second kappa shape index (κ2) is 9.46. The molecule has 112 valence electrons. The molecule has 2 nitrogen and oxygen atoms in total. The molecule has 21 heavy (non-hydrogen) atoms. The number of hydrogen-bond acceptors (Lipinski definition) is 2. The predicted octanol–water partition coefficient (Wildman–Crippen LogP) is 5.81. The molecule has 0 aliphatic carbocycles. The van der Waals surface area contributed by atoms with Gasteiger partial charge in [-0.2, -0.15) is 0 Å². The molecule has 0 spiro atoms. The topological polar surface area (TPSA) is 18.5 Å². The van der Waals surface area contributed by atoms with Gasteiger partial charge in [-0.25, -0.2) is 0 Å². The SMILES string of the molecule is BrCCCCCCOc1ccc(Oc2ccccc2)cc1. The summed E-state index contributed by atoms with van der Waals surface area (Å²) in [6.07, 6.45) is 4.83.